The molecule has 1 heterocycles. The van der Waals surface area contributed by atoms with Gasteiger partial charge in [0.25, 0.3) is 5.91 Å². The van der Waals surface area contributed by atoms with Crippen molar-refractivity contribution in [2.75, 3.05) is 11.9 Å². The minimum atomic E-state index is -0.936. The molecule has 2 aromatic rings. The third kappa shape index (κ3) is 4.82. The van der Waals surface area contributed by atoms with Crippen LogP contribution < -0.4 is 10.1 Å². The lowest BCUT2D eigenvalue weighted by Crippen LogP contribution is -2.31. The van der Waals surface area contributed by atoms with Crippen molar-refractivity contribution < 1.29 is 19.1 Å². The van der Waals surface area contributed by atoms with E-state index in [1.54, 1.807) is 41.2 Å². The van der Waals surface area contributed by atoms with E-state index in [1.807, 2.05) is 20.8 Å². The van der Waals surface area contributed by atoms with Crippen molar-refractivity contribution in [3.63, 3.8) is 0 Å². The van der Waals surface area contributed by atoms with Crippen molar-refractivity contribution >= 4 is 17.7 Å². The number of rotatable bonds is 7. The van der Waals surface area contributed by atoms with E-state index >= 15 is 0 Å². The molecule has 7 heteroatoms. The van der Waals surface area contributed by atoms with E-state index < -0.39 is 18.0 Å². The van der Waals surface area contributed by atoms with Gasteiger partial charge in [-0.05, 0) is 52.0 Å². The summed E-state index contributed by atoms with van der Waals surface area (Å²) in [6.45, 7) is 7.87. The first-order chi connectivity index (χ1) is 11.9. The highest BCUT2D eigenvalue weighted by atomic mass is 16.5. The molecule has 1 atom stereocenters. The Kier molecular flexibility index (Phi) is 6.16. The highest BCUT2D eigenvalue weighted by Gasteiger charge is 2.20. The Bertz CT molecular complexity index is 722. The highest BCUT2D eigenvalue weighted by molar-refractivity contribution is 5.96. The summed E-state index contributed by atoms with van der Waals surface area (Å²) in [5, 5.41) is 6.86. The molecule has 134 valence electrons. The second-order valence-electron chi connectivity index (χ2n) is 5.75. The van der Waals surface area contributed by atoms with Gasteiger partial charge in [-0.15, -0.1) is 0 Å². The molecule has 0 aliphatic heterocycles. The van der Waals surface area contributed by atoms with Crippen LogP contribution in [0.25, 0.3) is 0 Å². The highest BCUT2D eigenvalue weighted by Crippen LogP contribution is 2.15. The monoisotopic (exact) mass is 345 g/mol. The third-order valence-electron chi connectivity index (χ3n) is 3.46. The fourth-order valence-corrected chi connectivity index (χ4v) is 2.19. The van der Waals surface area contributed by atoms with E-state index in [2.05, 4.69) is 10.4 Å². The standard InChI is InChI=1S/C18H23N3O4/c1-5-24-15-8-6-14(7-9-15)18(23)25-13(4)17(22)20-16-10-11-19-21(16)12(2)3/h6-13H,5H2,1-4H3,(H,20,22)/t13-/m1/s1. The van der Waals surface area contributed by atoms with Gasteiger partial charge in [0.05, 0.1) is 18.4 Å². The zero-order chi connectivity index (χ0) is 18.4. The van der Waals surface area contributed by atoms with Crippen LogP contribution >= 0.6 is 0 Å². The fourth-order valence-electron chi connectivity index (χ4n) is 2.19. The molecule has 0 saturated carbocycles. The van der Waals surface area contributed by atoms with Crippen molar-refractivity contribution in [1.82, 2.24) is 9.78 Å². The number of carbonyl (C=O) groups is 2. The molecule has 0 fully saturated rings. The fraction of sp³-hybridized carbons (Fsp3) is 0.389. The van der Waals surface area contributed by atoms with Gasteiger partial charge in [0.1, 0.15) is 11.6 Å². The molecule has 1 N–H and O–H groups in total. The van der Waals surface area contributed by atoms with Crippen LogP contribution in [0.3, 0.4) is 0 Å². The van der Waals surface area contributed by atoms with E-state index in [0.29, 0.717) is 23.7 Å². The van der Waals surface area contributed by atoms with Crippen molar-refractivity contribution in [3.8, 4) is 5.75 Å². The van der Waals surface area contributed by atoms with Gasteiger partial charge in [0, 0.05) is 12.1 Å². The SMILES string of the molecule is CCOc1ccc(C(=O)O[C@H](C)C(=O)Nc2ccnn2C(C)C)cc1. The topological polar surface area (TPSA) is 82.4 Å². The summed E-state index contributed by atoms with van der Waals surface area (Å²) in [5.41, 5.74) is 0.357. The van der Waals surface area contributed by atoms with Crippen molar-refractivity contribution in [2.24, 2.45) is 0 Å². The summed E-state index contributed by atoms with van der Waals surface area (Å²) < 4.78 is 12.2. The Morgan fingerprint density at radius 3 is 2.44 bits per heavy atom. The van der Waals surface area contributed by atoms with Gasteiger partial charge >= 0.3 is 5.97 Å². The number of hydrogen-bond donors (Lipinski definition) is 1. The lowest BCUT2D eigenvalue weighted by atomic mass is 10.2. The van der Waals surface area contributed by atoms with E-state index in [0.717, 1.165) is 0 Å². The van der Waals surface area contributed by atoms with Gasteiger partial charge in [0.2, 0.25) is 0 Å². The van der Waals surface area contributed by atoms with Crippen molar-refractivity contribution in [2.45, 2.75) is 39.8 Å². The number of nitrogens with zero attached hydrogens (tertiary/aromatic N) is 2. The van der Waals surface area contributed by atoms with Crippen LogP contribution in [-0.2, 0) is 9.53 Å². The van der Waals surface area contributed by atoms with Crippen LogP contribution in [0.15, 0.2) is 36.5 Å². The number of hydrogen-bond acceptors (Lipinski definition) is 5. The van der Waals surface area contributed by atoms with E-state index in [1.165, 1.54) is 6.92 Å². The number of amides is 1. The Morgan fingerprint density at radius 2 is 1.84 bits per heavy atom. The van der Waals surface area contributed by atoms with Crippen LogP contribution in [0.2, 0.25) is 0 Å². The minimum Gasteiger partial charge on any atom is -0.494 e. The first-order valence-electron chi connectivity index (χ1n) is 8.20. The molecule has 0 spiro atoms. The largest absolute Gasteiger partial charge is 0.494 e. The Labute approximate surface area is 146 Å². The number of benzene rings is 1. The van der Waals surface area contributed by atoms with Gasteiger partial charge in [-0.2, -0.15) is 5.10 Å². The second kappa shape index (κ2) is 8.32. The summed E-state index contributed by atoms with van der Waals surface area (Å²) >= 11 is 0. The summed E-state index contributed by atoms with van der Waals surface area (Å²) in [4.78, 5) is 24.4. The zero-order valence-electron chi connectivity index (χ0n) is 14.9. The summed E-state index contributed by atoms with van der Waals surface area (Å²) in [7, 11) is 0. The maximum Gasteiger partial charge on any atom is 0.338 e. The Hall–Kier alpha value is -2.83. The lowest BCUT2D eigenvalue weighted by molar-refractivity contribution is -0.123. The molecule has 0 bridgehead atoms. The van der Waals surface area contributed by atoms with Gasteiger partial charge in [-0.3, -0.25) is 4.79 Å². The van der Waals surface area contributed by atoms with E-state index in [-0.39, 0.29) is 6.04 Å². The molecule has 0 aliphatic carbocycles. The quantitative estimate of drug-likeness (QED) is 0.780. The predicted molar refractivity (Wildman–Crippen MR) is 93.7 cm³/mol. The zero-order valence-corrected chi connectivity index (χ0v) is 14.9. The maximum absolute atomic E-state index is 12.2. The van der Waals surface area contributed by atoms with Crippen LogP contribution in [0.4, 0.5) is 5.82 Å². The molecule has 25 heavy (non-hydrogen) atoms. The van der Waals surface area contributed by atoms with Gasteiger partial charge in [0.15, 0.2) is 6.10 Å². The number of aromatic nitrogens is 2. The summed E-state index contributed by atoms with van der Waals surface area (Å²) in [6, 6.07) is 8.38. The Morgan fingerprint density at radius 1 is 1.16 bits per heavy atom. The van der Waals surface area contributed by atoms with Crippen LogP contribution in [0, 0.1) is 0 Å². The minimum absolute atomic E-state index is 0.104. The molecule has 7 nitrogen and oxygen atoms in total. The van der Waals surface area contributed by atoms with Gasteiger partial charge in [-0.25, -0.2) is 9.48 Å². The van der Waals surface area contributed by atoms with Gasteiger partial charge in [-0.1, -0.05) is 0 Å². The summed E-state index contributed by atoms with van der Waals surface area (Å²) in [5.74, 6) is 0.250. The molecule has 0 aliphatic rings. The maximum atomic E-state index is 12.2. The molecular weight excluding hydrogens is 322 g/mol. The Balaban J connectivity index is 1.95. The molecule has 2 rings (SSSR count). The van der Waals surface area contributed by atoms with Crippen molar-refractivity contribution in [3.05, 3.63) is 42.1 Å². The molecule has 0 saturated heterocycles. The van der Waals surface area contributed by atoms with E-state index in [9.17, 15) is 9.59 Å². The first kappa shape index (κ1) is 18.5. The second-order valence-corrected chi connectivity index (χ2v) is 5.75. The van der Waals surface area contributed by atoms with Crippen LogP contribution in [0.1, 0.15) is 44.1 Å². The smallest absolute Gasteiger partial charge is 0.338 e. The van der Waals surface area contributed by atoms with Crippen LogP contribution in [0.5, 0.6) is 5.75 Å². The molecule has 1 aromatic heterocycles. The number of esters is 1. The normalized spacial score (nSPS) is 11.9. The van der Waals surface area contributed by atoms with Crippen LogP contribution in [-0.4, -0.2) is 34.4 Å². The first-order valence-corrected chi connectivity index (χ1v) is 8.20. The number of carbonyl (C=O) groups excluding carboxylic acids is 2. The summed E-state index contributed by atoms with van der Waals surface area (Å²) in [6.07, 6.45) is 0.668. The molecule has 1 aromatic carbocycles. The molecule has 1 amide bonds. The molecular formula is C18H23N3O4. The van der Waals surface area contributed by atoms with Crippen molar-refractivity contribution in [1.29, 1.82) is 0 Å². The average Bonchev–Trinajstić information content (AvgIpc) is 3.04. The number of nitrogens with one attached hydrogen (secondary N) is 1. The lowest BCUT2D eigenvalue weighted by Gasteiger charge is -2.15. The predicted octanol–water partition coefficient (Wildman–Crippen LogP) is 3.05. The average molecular weight is 345 g/mol. The van der Waals surface area contributed by atoms with E-state index in [4.69, 9.17) is 9.47 Å². The molecule has 0 unspecified atom stereocenters. The molecule has 0 radical (unpaired) electrons. The number of anilines is 1. The number of ether oxygens (including phenoxy) is 2. The third-order valence-corrected chi connectivity index (χ3v) is 3.46. The van der Waals surface area contributed by atoms with Gasteiger partial charge < -0.3 is 14.8 Å².